The Morgan fingerprint density at radius 2 is 1.57 bits per heavy atom. The number of rotatable bonds is 8. The van der Waals surface area contributed by atoms with Crippen LogP contribution in [0.2, 0.25) is 0 Å². The highest BCUT2D eigenvalue weighted by Gasteiger charge is 2.37. The zero-order valence-electron chi connectivity index (χ0n) is 16.6. The molecule has 0 aliphatic heterocycles. The highest BCUT2D eigenvalue weighted by atomic mass is 16.5. The van der Waals surface area contributed by atoms with Gasteiger partial charge in [0, 0.05) is 16.7 Å². The van der Waals surface area contributed by atoms with Crippen molar-refractivity contribution < 1.29 is 24.2 Å². The number of hydrogen-bond acceptors (Lipinski definition) is 5. The number of aliphatic hydroxyl groups is 1. The van der Waals surface area contributed by atoms with Gasteiger partial charge in [0.05, 0.1) is 31.5 Å². The van der Waals surface area contributed by atoms with Gasteiger partial charge in [-0.2, -0.15) is 0 Å². The number of ether oxygens (including phenoxy) is 2. The molecule has 1 aliphatic carbocycles. The lowest BCUT2D eigenvalue weighted by molar-refractivity contribution is 0.0972. The van der Waals surface area contributed by atoms with Crippen LogP contribution in [0.5, 0.6) is 11.5 Å². The summed E-state index contributed by atoms with van der Waals surface area (Å²) < 4.78 is 11.0. The second kappa shape index (κ2) is 8.57. The van der Waals surface area contributed by atoms with Crippen LogP contribution >= 0.6 is 0 Å². The molecule has 0 fully saturated rings. The van der Waals surface area contributed by atoms with E-state index in [4.69, 9.17) is 9.47 Å². The van der Waals surface area contributed by atoms with Gasteiger partial charge in [-0.1, -0.05) is 56.9 Å². The molecular weight excluding hydrogens is 356 g/mol. The zero-order chi connectivity index (χ0) is 20.3. The fourth-order valence-electron chi connectivity index (χ4n) is 3.80. The smallest absolute Gasteiger partial charge is 0.198 e. The van der Waals surface area contributed by atoms with Gasteiger partial charge in [0.25, 0.3) is 0 Å². The normalized spacial score (nSPS) is 13.7. The van der Waals surface area contributed by atoms with Crippen molar-refractivity contribution in [3.63, 3.8) is 0 Å². The molecule has 148 valence electrons. The molecule has 2 aromatic rings. The summed E-state index contributed by atoms with van der Waals surface area (Å²) in [7, 11) is 2.91. The third-order valence-corrected chi connectivity index (χ3v) is 5.26. The maximum atomic E-state index is 13.2. The molecule has 0 spiro atoms. The molecule has 0 aromatic heterocycles. The summed E-state index contributed by atoms with van der Waals surface area (Å²) in [5.74, 6) is -0.0253. The Labute approximate surface area is 165 Å². The number of carbonyl (C=O) groups is 2. The number of hydrogen-bond donors (Lipinski definition) is 1. The molecule has 0 saturated carbocycles. The van der Waals surface area contributed by atoms with Crippen molar-refractivity contribution in [3.8, 4) is 11.5 Å². The number of benzene rings is 2. The number of ketones is 2. The maximum absolute atomic E-state index is 13.2. The molecule has 1 aliphatic rings. The minimum Gasteiger partial charge on any atom is -0.496 e. The van der Waals surface area contributed by atoms with Gasteiger partial charge >= 0.3 is 0 Å². The standard InChI is InChI=1S/C23H26O5/c1-4-5-6-7-12-17(24)16-13-18(27-2)19-20(23(16)28-3)22(26)15-11-9-8-10-14(15)21(19)25/h8-11,13,17,24H,4-7,12H2,1-3H3. The summed E-state index contributed by atoms with van der Waals surface area (Å²) >= 11 is 0. The molecular formula is C23H26O5. The van der Waals surface area contributed by atoms with Crippen LogP contribution in [0.15, 0.2) is 30.3 Å². The molecule has 1 atom stereocenters. The van der Waals surface area contributed by atoms with Crippen LogP contribution in [0.25, 0.3) is 0 Å². The summed E-state index contributed by atoms with van der Waals surface area (Å²) in [5.41, 5.74) is 1.55. The minimum absolute atomic E-state index is 0.174. The molecule has 2 aromatic carbocycles. The first-order valence-corrected chi connectivity index (χ1v) is 9.70. The molecule has 1 unspecified atom stereocenters. The summed E-state index contributed by atoms with van der Waals surface area (Å²) in [6.45, 7) is 2.13. The summed E-state index contributed by atoms with van der Waals surface area (Å²) in [5, 5.41) is 10.8. The van der Waals surface area contributed by atoms with Gasteiger partial charge < -0.3 is 14.6 Å². The molecule has 0 saturated heterocycles. The Hall–Kier alpha value is -2.66. The van der Waals surface area contributed by atoms with Crippen molar-refractivity contribution in [1.29, 1.82) is 0 Å². The molecule has 0 heterocycles. The van der Waals surface area contributed by atoms with E-state index in [-0.39, 0.29) is 34.2 Å². The average Bonchev–Trinajstić information content (AvgIpc) is 2.73. The Morgan fingerprint density at radius 3 is 2.14 bits per heavy atom. The first-order chi connectivity index (χ1) is 13.5. The lowest BCUT2D eigenvalue weighted by Crippen LogP contribution is -2.23. The molecule has 5 heteroatoms. The topological polar surface area (TPSA) is 72.8 Å². The molecule has 0 radical (unpaired) electrons. The Bertz CT molecular complexity index is 900. The number of methoxy groups -OCH3 is 2. The van der Waals surface area contributed by atoms with Crippen molar-refractivity contribution in [2.75, 3.05) is 14.2 Å². The van der Waals surface area contributed by atoms with E-state index in [1.165, 1.54) is 14.2 Å². The van der Waals surface area contributed by atoms with Gasteiger partial charge in [0.2, 0.25) is 0 Å². The van der Waals surface area contributed by atoms with Gasteiger partial charge in [-0.25, -0.2) is 0 Å². The molecule has 1 N–H and O–H groups in total. The SMILES string of the molecule is CCCCCCC(O)c1cc(OC)c2c(c1OC)C(=O)c1ccccc1C2=O. The Balaban J connectivity index is 2.11. The highest BCUT2D eigenvalue weighted by molar-refractivity contribution is 6.30. The van der Waals surface area contributed by atoms with Crippen LogP contribution in [0.4, 0.5) is 0 Å². The number of unbranched alkanes of at least 4 members (excludes halogenated alkanes) is 3. The van der Waals surface area contributed by atoms with E-state index in [0.717, 1.165) is 25.7 Å². The van der Waals surface area contributed by atoms with E-state index in [2.05, 4.69) is 6.92 Å². The summed E-state index contributed by atoms with van der Waals surface area (Å²) in [6.07, 6.45) is 3.88. The third-order valence-electron chi connectivity index (χ3n) is 5.26. The first-order valence-electron chi connectivity index (χ1n) is 9.70. The molecule has 3 rings (SSSR count). The van der Waals surface area contributed by atoms with Crippen LogP contribution < -0.4 is 9.47 Å². The number of carbonyl (C=O) groups excluding carboxylic acids is 2. The van der Waals surface area contributed by atoms with E-state index < -0.39 is 6.10 Å². The second-order valence-corrected chi connectivity index (χ2v) is 7.02. The summed E-state index contributed by atoms with van der Waals surface area (Å²) in [6, 6.07) is 8.36. The molecule has 0 bridgehead atoms. The molecule has 28 heavy (non-hydrogen) atoms. The monoisotopic (exact) mass is 382 g/mol. The Morgan fingerprint density at radius 1 is 0.929 bits per heavy atom. The van der Waals surface area contributed by atoms with Crippen molar-refractivity contribution >= 4 is 11.6 Å². The van der Waals surface area contributed by atoms with E-state index in [9.17, 15) is 14.7 Å². The van der Waals surface area contributed by atoms with Crippen molar-refractivity contribution in [3.05, 3.63) is 58.1 Å². The minimum atomic E-state index is -0.800. The van der Waals surface area contributed by atoms with Crippen molar-refractivity contribution in [2.24, 2.45) is 0 Å². The van der Waals surface area contributed by atoms with E-state index in [0.29, 0.717) is 23.1 Å². The highest BCUT2D eigenvalue weighted by Crippen LogP contribution is 2.43. The Kier molecular flexibility index (Phi) is 6.15. The van der Waals surface area contributed by atoms with Crippen LogP contribution in [0.1, 0.15) is 82.5 Å². The number of aliphatic hydroxyl groups excluding tert-OH is 1. The van der Waals surface area contributed by atoms with Gasteiger partial charge in [-0.15, -0.1) is 0 Å². The maximum Gasteiger partial charge on any atom is 0.198 e. The first kappa shape index (κ1) is 20.1. The largest absolute Gasteiger partial charge is 0.496 e. The van der Waals surface area contributed by atoms with Crippen LogP contribution in [-0.4, -0.2) is 30.9 Å². The fraction of sp³-hybridized carbons (Fsp3) is 0.391. The van der Waals surface area contributed by atoms with E-state index >= 15 is 0 Å². The summed E-state index contributed by atoms with van der Waals surface area (Å²) in [4.78, 5) is 26.3. The van der Waals surface area contributed by atoms with Crippen LogP contribution in [0.3, 0.4) is 0 Å². The fourth-order valence-corrected chi connectivity index (χ4v) is 3.80. The average molecular weight is 382 g/mol. The predicted octanol–water partition coefficient (Wildman–Crippen LogP) is 4.48. The lowest BCUT2D eigenvalue weighted by Gasteiger charge is -2.25. The third kappa shape index (κ3) is 3.42. The molecule has 0 amide bonds. The number of fused-ring (bicyclic) bond motifs is 2. The van der Waals surface area contributed by atoms with Crippen molar-refractivity contribution in [2.45, 2.75) is 45.1 Å². The van der Waals surface area contributed by atoms with Crippen LogP contribution in [-0.2, 0) is 0 Å². The second-order valence-electron chi connectivity index (χ2n) is 7.02. The van der Waals surface area contributed by atoms with E-state index in [1.807, 2.05) is 0 Å². The lowest BCUT2D eigenvalue weighted by atomic mass is 9.81. The zero-order valence-corrected chi connectivity index (χ0v) is 16.6. The molecule has 5 nitrogen and oxygen atoms in total. The van der Waals surface area contributed by atoms with Gasteiger partial charge in [0.1, 0.15) is 11.5 Å². The predicted molar refractivity (Wildman–Crippen MR) is 107 cm³/mol. The quantitative estimate of drug-likeness (QED) is 0.582. The van der Waals surface area contributed by atoms with Gasteiger partial charge in [0.15, 0.2) is 11.6 Å². The van der Waals surface area contributed by atoms with Gasteiger partial charge in [-0.3, -0.25) is 9.59 Å². The van der Waals surface area contributed by atoms with Gasteiger partial charge in [-0.05, 0) is 12.5 Å². The van der Waals surface area contributed by atoms with E-state index in [1.54, 1.807) is 30.3 Å². The van der Waals surface area contributed by atoms with Crippen LogP contribution in [0, 0.1) is 0 Å². The van der Waals surface area contributed by atoms with Crippen molar-refractivity contribution in [1.82, 2.24) is 0 Å².